The Kier molecular flexibility index (Phi) is 17.7. The number of benzene rings is 4. The molecule has 15 heteroatoms. The SMILES string of the molecule is CCC(=O)N[C@H](Cc1cccs1)C(=O)N[C@@H](Cc1ccc(-c2ccccc2)cc1)C(=O)N[C@H](CCc1ccccc1)C(=O)N[C@@H](Cc1ccc(NC=O)cc1)C(=O)N[C@H](C)C(=O)O. The summed E-state index contributed by atoms with van der Waals surface area (Å²) in [5.74, 6) is -4.37. The van der Waals surface area contributed by atoms with Gasteiger partial charge in [-0.2, -0.15) is 0 Å². The van der Waals surface area contributed by atoms with Gasteiger partial charge in [-0.3, -0.25) is 33.6 Å². The summed E-state index contributed by atoms with van der Waals surface area (Å²) in [6, 6.07) is 30.9. The molecule has 5 aromatic rings. The Bertz CT molecular complexity index is 2290. The van der Waals surface area contributed by atoms with Crippen molar-refractivity contribution in [1.29, 1.82) is 0 Å². The van der Waals surface area contributed by atoms with Crippen LogP contribution in [0.2, 0.25) is 0 Å². The molecule has 1 aromatic heterocycles. The smallest absolute Gasteiger partial charge is 0.325 e. The van der Waals surface area contributed by atoms with Crippen molar-refractivity contribution in [2.45, 2.75) is 82.6 Å². The van der Waals surface area contributed by atoms with Crippen LogP contribution in [0.3, 0.4) is 0 Å². The number of nitrogens with one attached hydrogen (secondary N) is 6. The van der Waals surface area contributed by atoms with Crippen LogP contribution < -0.4 is 31.9 Å². The third kappa shape index (κ3) is 14.8. The second kappa shape index (κ2) is 23.8. The summed E-state index contributed by atoms with van der Waals surface area (Å²) in [5.41, 5.74) is 4.63. The fourth-order valence-electron chi connectivity index (χ4n) is 6.71. The first-order chi connectivity index (χ1) is 30.4. The number of anilines is 1. The Morgan fingerprint density at radius 2 is 1.08 bits per heavy atom. The monoisotopic (exact) mass is 872 g/mol. The average Bonchev–Trinajstić information content (AvgIpc) is 3.81. The number of aliphatic carboxylic acids is 1. The van der Waals surface area contributed by atoms with Crippen molar-refractivity contribution in [1.82, 2.24) is 26.6 Å². The van der Waals surface area contributed by atoms with Gasteiger partial charge in [-0.1, -0.05) is 110 Å². The Hall–Kier alpha value is -7.13. The molecule has 0 aliphatic carbocycles. The van der Waals surface area contributed by atoms with Gasteiger partial charge < -0.3 is 37.0 Å². The molecule has 1 heterocycles. The molecule has 5 rings (SSSR count). The zero-order valence-corrected chi connectivity index (χ0v) is 35.9. The van der Waals surface area contributed by atoms with Crippen LogP contribution in [0.5, 0.6) is 0 Å². The molecule has 0 aliphatic heterocycles. The maximum Gasteiger partial charge on any atom is 0.325 e. The number of thiophene rings is 1. The highest BCUT2D eigenvalue weighted by atomic mass is 32.1. The Morgan fingerprint density at radius 3 is 1.62 bits per heavy atom. The van der Waals surface area contributed by atoms with Gasteiger partial charge >= 0.3 is 5.97 Å². The van der Waals surface area contributed by atoms with Gasteiger partial charge in [0.2, 0.25) is 35.9 Å². The van der Waals surface area contributed by atoms with Gasteiger partial charge in [0.1, 0.15) is 30.2 Å². The van der Waals surface area contributed by atoms with E-state index in [-0.39, 0.29) is 38.0 Å². The Labute approximate surface area is 370 Å². The molecule has 0 saturated heterocycles. The molecule has 0 aliphatic rings. The molecule has 63 heavy (non-hydrogen) atoms. The first-order valence-corrected chi connectivity index (χ1v) is 21.5. The number of carboxylic acid groups (broad SMARTS) is 1. The topological polar surface area (TPSA) is 212 Å². The normalized spacial score (nSPS) is 13.2. The van der Waals surface area contributed by atoms with E-state index in [1.165, 1.54) is 18.3 Å². The van der Waals surface area contributed by atoms with Crippen LogP contribution in [0.25, 0.3) is 11.1 Å². The van der Waals surface area contributed by atoms with Crippen molar-refractivity contribution in [2.75, 3.05) is 5.32 Å². The highest BCUT2D eigenvalue weighted by molar-refractivity contribution is 7.09. The van der Waals surface area contributed by atoms with Crippen molar-refractivity contribution < 1.29 is 38.7 Å². The predicted molar refractivity (Wildman–Crippen MR) is 241 cm³/mol. The van der Waals surface area contributed by atoms with Crippen LogP contribution in [-0.2, 0) is 59.2 Å². The van der Waals surface area contributed by atoms with E-state index in [9.17, 15) is 38.7 Å². The number of rotatable bonds is 23. The fraction of sp³-hybridized carbons (Fsp3) is 0.271. The summed E-state index contributed by atoms with van der Waals surface area (Å²) in [6.07, 6.45) is 1.26. The zero-order valence-electron chi connectivity index (χ0n) is 35.0. The highest BCUT2D eigenvalue weighted by Gasteiger charge is 2.32. The third-order valence-corrected chi connectivity index (χ3v) is 11.2. The minimum absolute atomic E-state index is 0.0280. The van der Waals surface area contributed by atoms with Gasteiger partial charge in [-0.25, -0.2) is 0 Å². The molecule has 0 spiro atoms. The summed E-state index contributed by atoms with van der Waals surface area (Å²) in [5, 5.41) is 27.6. The predicted octanol–water partition coefficient (Wildman–Crippen LogP) is 4.58. The molecule has 5 atom stereocenters. The summed E-state index contributed by atoms with van der Waals surface area (Å²) >= 11 is 1.43. The third-order valence-electron chi connectivity index (χ3n) is 10.3. The van der Waals surface area contributed by atoms with Crippen LogP contribution in [0.15, 0.2) is 127 Å². The fourth-order valence-corrected chi connectivity index (χ4v) is 7.46. The first-order valence-electron chi connectivity index (χ1n) is 20.7. The number of aryl methyl sites for hydroxylation is 1. The van der Waals surface area contributed by atoms with E-state index >= 15 is 0 Å². The molecule has 6 amide bonds. The van der Waals surface area contributed by atoms with Crippen LogP contribution in [0.1, 0.15) is 48.3 Å². The lowest BCUT2D eigenvalue weighted by atomic mass is 9.99. The van der Waals surface area contributed by atoms with Crippen molar-refractivity contribution in [2.24, 2.45) is 0 Å². The minimum Gasteiger partial charge on any atom is -0.480 e. The molecule has 0 bridgehead atoms. The van der Waals surface area contributed by atoms with E-state index in [0.29, 0.717) is 29.6 Å². The number of carbonyl (C=O) groups is 7. The largest absolute Gasteiger partial charge is 0.480 e. The van der Waals surface area contributed by atoms with Crippen LogP contribution in [0, 0.1) is 0 Å². The number of carbonyl (C=O) groups excluding carboxylic acids is 6. The zero-order chi connectivity index (χ0) is 45.1. The summed E-state index contributed by atoms with van der Waals surface area (Å²) < 4.78 is 0. The van der Waals surface area contributed by atoms with Gasteiger partial charge in [0, 0.05) is 36.2 Å². The van der Waals surface area contributed by atoms with Crippen LogP contribution in [0.4, 0.5) is 5.69 Å². The maximum absolute atomic E-state index is 14.6. The molecular weight excluding hydrogens is 821 g/mol. The molecule has 0 saturated carbocycles. The molecule has 328 valence electrons. The highest BCUT2D eigenvalue weighted by Crippen LogP contribution is 2.20. The summed E-state index contributed by atoms with van der Waals surface area (Å²) in [6.45, 7) is 2.97. The Balaban J connectivity index is 1.45. The van der Waals surface area contributed by atoms with Crippen molar-refractivity contribution in [3.05, 3.63) is 148 Å². The van der Waals surface area contributed by atoms with E-state index in [4.69, 9.17) is 0 Å². The average molecular weight is 873 g/mol. The number of amides is 6. The molecule has 0 unspecified atom stereocenters. The van der Waals surface area contributed by atoms with E-state index < -0.39 is 59.8 Å². The van der Waals surface area contributed by atoms with E-state index in [1.807, 2.05) is 102 Å². The van der Waals surface area contributed by atoms with Gasteiger partial charge in [0.25, 0.3) is 0 Å². The van der Waals surface area contributed by atoms with E-state index in [2.05, 4.69) is 31.9 Å². The summed E-state index contributed by atoms with van der Waals surface area (Å²) in [7, 11) is 0. The van der Waals surface area contributed by atoms with Gasteiger partial charge in [-0.15, -0.1) is 11.3 Å². The second-order valence-electron chi connectivity index (χ2n) is 15.0. The van der Waals surface area contributed by atoms with Crippen LogP contribution in [-0.4, -0.2) is 77.2 Å². The number of carboxylic acids is 1. The quantitative estimate of drug-likeness (QED) is 0.0461. The lowest BCUT2D eigenvalue weighted by Gasteiger charge is -2.27. The standard InChI is InChI=1S/C48H52N6O8S/c1-3-43(56)51-42(29-38-15-10-26-63-38)47(60)54-41(27-33-16-21-36(22-17-33)35-13-8-5-9-14-35)46(59)52-39(25-20-32-11-6-4-7-12-32)44(57)53-40(45(58)50-31(2)48(61)62)28-34-18-23-37(24-19-34)49-30-55/h4-19,21-24,26,30-31,39-42H,3,20,25,27-29H2,1-2H3,(H,49,55)(H,50,58)(H,51,56)(H,52,59)(H,53,57)(H,54,60)(H,61,62)/t31-,39-,40+,41+,42-/m1/s1. The molecular formula is C48H52N6O8S. The van der Waals surface area contributed by atoms with Crippen molar-refractivity contribution in [3.8, 4) is 11.1 Å². The first kappa shape index (κ1) is 46.9. The lowest BCUT2D eigenvalue weighted by Crippen LogP contribution is -2.59. The maximum atomic E-state index is 14.6. The second-order valence-corrected chi connectivity index (χ2v) is 16.0. The Morgan fingerprint density at radius 1 is 0.571 bits per heavy atom. The molecule has 14 nitrogen and oxygen atoms in total. The molecule has 0 fully saturated rings. The van der Waals surface area contributed by atoms with Gasteiger partial charge in [-0.05, 0) is 71.2 Å². The van der Waals surface area contributed by atoms with Gasteiger partial charge in [0.05, 0.1) is 0 Å². The van der Waals surface area contributed by atoms with E-state index in [1.54, 1.807) is 31.2 Å². The van der Waals surface area contributed by atoms with Crippen molar-refractivity contribution >= 4 is 58.9 Å². The minimum atomic E-state index is -1.28. The molecule has 7 N–H and O–H groups in total. The number of hydrogen-bond donors (Lipinski definition) is 7. The summed E-state index contributed by atoms with van der Waals surface area (Å²) in [4.78, 5) is 92.8. The molecule has 4 aromatic carbocycles. The molecule has 0 radical (unpaired) electrons. The number of hydrogen-bond acceptors (Lipinski definition) is 8. The lowest BCUT2D eigenvalue weighted by molar-refractivity contribution is -0.141. The van der Waals surface area contributed by atoms with E-state index in [0.717, 1.165) is 21.6 Å². The van der Waals surface area contributed by atoms with Crippen LogP contribution >= 0.6 is 11.3 Å². The van der Waals surface area contributed by atoms with Crippen molar-refractivity contribution in [3.63, 3.8) is 0 Å². The van der Waals surface area contributed by atoms with Gasteiger partial charge in [0.15, 0.2) is 0 Å².